The smallest absolute Gasteiger partial charge is 0.274 e. The van der Waals surface area contributed by atoms with Gasteiger partial charge >= 0.3 is 0 Å². The van der Waals surface area contributed by atoms with E-state index in [1.54, 1.807) is 19.1 Å². The number of nitro groups is 1. The summed E-state index contributed by atoms with van der Waals surface area (Å²) in [4.78, 5) is 22.2. The van der Waals surface area contributed by atoms with Crippen molar-refractivity contribution in [2.75, 3.05) is 11.9 Å². The van der Waals surface area contributed by atoms with Crippen molar-refractivity contribution in [3.8, 4) is 0 Å². The first kappa shape index (κ1) is 14.5. The monoisotopic (exact) mass is 277 g/mol. The Morgan fingerprint density at radius 1 is 1.40 bits per heavy atom. The topological polar surface area (TPSA) is 84.3 Å². The lowest BCUT2D eigenvalue weighted by Crippen LogP contribution is -2.34. The SMILES string of the molecule is Cc1ccc(NC(=O)CNC2CCCC2)cc1[N+](=O)[O-]. The minimum Gasteiger partial charge on any atom is -0.325 e. The average molecular weight is 277 g/mol. The molecule has 0 heterocycles. The zero-order valence-electron chi connectivity index (χ0n) is 11.5. The van der Waals surface area contributed by atoms with Crippen molar-refractivity contribution in [2.45, 2.75) is 38.6 Å². The molecule has 1 saturated carbocycles. The van der Waals surface area contributed by atoms with Gasteiger partial charge in [0.2, 0.25) is 5.91 Å². The summed E-state index contributed by atoms with van der Waals surface area (Å²) in [6.07, 6.45) is 4.65. The maximum absolute atomic E-state index is 11.8. The molecule has 6 heteroatoms. The summed E-state index contributed by atoms with van der Waals surface area (Å²) in [6, 6.07) is 5.13. The number of hydrogen-bond acceptors (Lipinski definition) is 4. The molecule has 0 radical (unpaired) electrons. The van der Waals surface area contributed by atoms with Crippen LogP contribution in [0.5, 0.6) is 0 Å². The molecule has 1 fully saturated rings. The molecule has 0 atom stereocenters. The van der Waals surface area contributed by atoms with E-state index in [-0.39, 0.29) is 18.1 Å². The molecular weight excluding hydrogens is 258 g/mol. The predicted molar refractivity (Wildman–Crippen MR) is 76.7 cm³/mol. The zero-order chi connectivity index (χ0) is 14.5. The fraction of sp³-hybridized carbons (Fsp3) is 0.500. The third kappa shape index (κ3) is 3.77. The predicted octanol–water partition coefficient (Wildman–Crippen LogP) is 2.37. The van der Waals surface area contributed by atoms with Gasteiger partial charge in [0.25, 0.3) is 5.69 Å². The van der Waals surface area contributed by atoms with Crippen molar-refractivity contribution in [3.05, 3.63) is 33.9 Å². The molecule has 0 bridgehead atoms. The van der Waals surface area contributed by atoms with Gasteiger partial charge in [-0.25, -0.2) is 0 Å². The summed E-state index contributed by atoms with van der Waals surface area (Å²) in [7, 11) is 0. The molecular formula is C14H19N3O3. The molecule has 0 aliphatic heterocycles. The van der Waals surface area contributed by atoms with E-state index >= 15 is 0 Å². The Morgan fingerprint density at radius 2 is 2.10 bits per heavy atom. The number of carbonyl (C=O) groups excluding carboxylic acids is 1. The Bertz CT molecular complexity index is 510. The number of nitrogens with zero attached hydrogens (tertiary/aromatic N) is 1. The second-order valence-corrected chi connectivity index (χ2v) is 5.17. The van der Waals surface area contributed by atoms with Crippen molar-refractivity contribution < 1.29 is 9.72 Å². The second-order valence-electron chi connectivity index (χ2n) is 5.17. The van der Waals surface area contributed by atoms with E-state index in [0.29, 0.717) is 17.3 Å². The van der Waals surface area contributed by atoms with Crippen molar-refractivity contribution in [2.24, 2.45) is 0 Å². The summed E-state index contributed by atoms with van der Waals surface area (Å²) in [5.74, 6) is -0.171. The summed E-state index contributed by atoms with van der Waals surface area (Å²) < 4.78 is 0. The van der Waals surface area contributed by atoms with Crippen LogP contribution in [0.3, 0.4) is 0 Å². The molecule has 1 aliphatic rings. The molecule has 2 N–H and O–H groups in total. The van der Waals surface area contributed by atoms with Crippen molar-refractivity contribution in [1.29, 1.82) is 0 Å². The summed E-state index contributed by atoms with van der Waals surface area (Å²) >= 11 is 0. The number of nitro benzene ring substituents is 1. The largest absolute Gasteiger partial charge is 0.325 e. The van der Waals surface area contributed by atoms with Gasteiger partial charge in [0, 0.05) is 23.4 Å². The van der Waals surface area contributed by atoms with Gasteiger partial charge in [-0.2, -0.15) is 0 Å². The Labute approximate surface area is 117 Å². The Morgan fingerprint density at radius 3 is 2.75 bits per heavy atom. The quantitative estimate of drug-likeness (QED) is 0.639. The lowest BCUT2D eigenvalue weighted by atomic mass is 10.2. The van der Waals surface area contributed by atoms with Crippen LogP contribution in [0, 0.1) is 17.0 Å². The van der Waals surface area contributed by atoms with Crippen LogP contribution in [0.15, 0.2) is 18.2 Å². The van der Waals surface area contributed by atoms with Gasteiger partial charge in [-0.1, -0.05) is 18.9 Å². The second kappa shape index (κ2) is 6.47. The van der Waals surface area contributed by atoms with E-state index in [1.807, 2.05) is 0 Å². The van der Waals surface area contributed by atoms with Crippen LogP contribution in [0.25, 0.3) is 0 Å². The van der Waals surface area contributed by atoms with E-state index in [4.69, 9.17) is 0 Å². The highest BCUT2D eigenvalue weighted by molar-refractivity contribution is 5.92. The number of carbonyl (C=O) groups is 1. The molecule has 1 amide bonds. The van der Waals surface area contributed by atoms with E-state index in [0.717, 1.165) is 12.8 Å². The number of amides is 1. The summed E-state index contributed by atoms with van der Waals surface area (Å²) in [6.45, 7) is 1.91. The van der Waals surface area contributed by atoms with Crippen LogP contribution in [0.1, 0.15) is 31.2 Å². The summed E-state index contributed by atoms with van der Waals surface area (Å²) in [5.41, 5.74) is 1.06. The third-order valence-electron chi connectivity index (χ3n) is 3.60. The maximum Gasteiger partial charge on any atom is 0.274 e. The highest BCUT2D eigenvalue weighted by Crippen LogP contribution is 2.22. The van der Waals surface area contributed by atoms with Crippen LogP contribution in [0.2, 0.25) is 0 Å². The Kier molecular flexibility index (Phi) is 4.68. The van der Waals surface area contributed by atoms with Crippen LogP contribution in [-0.2, 0) is 4.79 Å². The fourth-order valence-corrected chi connectivity index (χ4v) is 2.46. The number of hydrogen-bond donors (Lipinski definition) is 2. The molecule has 6 nitrogen and oxygen atoms in total. The first-order valence-electron chi connectivity index (χ1n) is 6.84. The highest BCUT2D eigenvalue weighted by Gasteiger charge is 2.16. The van der Waals surface area contributed by atoms with Gasteiger partial charge in [-0.05, 0) is 25.8 Å². The van der Waals surface area contributed by atoms with E-state index in [9.17, 15) is 14.9 Å². The standard InChI is InChI=1S/C14H19N3O3/c1-10-6-7-12(8-13(10)17(19)20)16-14(18)9-15-11-4-2-3-5-11/h6-8,11,15H,2-5,9H2,1H3,(H,16,18). The molecule has 0 saturated heterocycles. The molecule has 2 rings (SSSR count). The van der Waals surface area contributed by atoms with Crippen LogP contribution in [0.4, 0.5) is 11.4 Å². The number of nitrogens with one attached hydrogen (secondary N) is 2. The normalized spacial score (nSPS) is 15.2. The van der Waals surface area contributed by atoms with Crippen molar-refractivity contribution >= 4 is 17.3 Å². The first-order chi connectivity index (χ1) is 9.56. The minimum atomic E-state index is -0.443. The van der Waals surface area contributed by atoms with E-state index in [2.05, 4.69) is 10.6 Å². The Hall–Kier alpha value is -1.95. The minimum absolute atomic E-state index is 0.0200. The van der Waals surface area contributed by atoms with Gasteiger partial charge in [0.15, 0.2) is 0 Å². The van der Waals surface area contributed by atoms with Crippen LogP contribution < -0.4 is 10.6 Å². The number of aryl methyl sites for hydroxylation is 1. The molecule has 1 aromatic carbocycles. The van der Waals surface area contributed by atoms with Crippen molar-refractivity contribution in [3.63, 3.8) is 0 Å². The molecule has 20 heavy (non-hydrogen) atoms. The molecule has 0 spiro atoms. The fourth-order valence-electron chi connectivity index (χ4n) is 2.46. The van der Waals surface area contributed by atoms with Gasteiger partial charge in [-0.3, -0.25) is 14.9 Å². The number of anilines is 1. The molecule has 0 aromatic heterocycles. The van der Waals surface area contributed by atoms with E-state index in [1.165, 1.54) is 18.9 Å². The Balaban J connectivity index is 1.90. The van der Waals surface area contributed by atoms with Gasteiger partial charge in [0.1, 0.15) is 0 Å². The molecule has 108 valence electrons. The lowest BCUT2D eigenvalue weighted by Gasteiger charge is -2.11. The summed E-state index contributed by atoms with van der Waals surface area (Å²) in [5, 5.41) is 16.7. The molecule has 0 unspecified atom stereocenters. The maximum atomic E-state index is 11.8. The average Bonchev–Trinajstić information content (AvgIpc) is 2.91. The third-order valence-corrected chi connectivity index (χ3v) is 3.60. The number of benzene rings is 1. The van der Waals surface area contributed by atoms with Crippen LogP contribution in [-0.4, -0.2) is 23.4 Å². The first-order valence-corrected chi connectivity index (χ1v) is 6.84. The van der Waals surface area contributed by atoms with Gasteiger partial charge in [-0.15, -0.1) is 0 Å². The highest BCUT2D eigenvalue weighted by atomic mass is 16.6. The zero-order valence-corrected chi connectivity index (χ0v) is 11.5. The molecule has 1 aliphatic carbocycles. The molecule has 1 aromatic rings. The van der Waals surface area contributed by atoms with Crippen molar-refractivity contribution in [1.82, 2.24) is 5.32 Å². The van der Waals surface area contributed by atoms with Gasteiger partial charge in [0.05, 0.1) is 11.5 Å². The van der Waals surface area contributed by atoms with Crippen LogP contribution >= 0.6 is 0 Å². The number of rotatable bonds is 5. The lowest BCUT2D eigenvalue weighted by molar-refractivity contribution is -0.385. The van der Waals surface area contributed by atoms with Gasteiger partial charge < -0.3 is 10.6 Å². The van der Waals surface area contributed by atoms with E-state index < -0.39 is 4.92 Å².